The molecule has 7 heteroatoms. The Labute approximate surface area is 138 Å². The topological polar surface area (TPSA) is 81.8 Å². The SMILES string of the molecule is CC(C)n1nccc1NC(=O)CCn1cnc2ccccc2c1=O. The van der Waals surface area contributed by atoms with Gasteiger partial charge in [0.25, 0.3) is 5.56 Å². The molecule has 1 amide bonds. The minimum absolute atomic E-state index is 0.138. The number of nitrogens with one attached hydrogen (secondary N) is 1. The van der Waals surface area contributed by atoms with Gasteiger partial charge in [0, 0.05) is 25.1 Å². The highest BCUT2D eigenvalue weighted by Gasteiger charge is 2.10. The monoisotopic (exact) mass is 325 g/mol. The third kappa shape index (κ3) is 3.19. The van der Waals surface area contributed by atoms with E-state index in [1.807, 2.05) is 19.9 Å². The van der Waals surface area contributed by atoms with Crippen molar-refractivity contribution in [1.29, 1.82) is 0 Å². The lowest BCUT2D eigenvalue weighted by Crippen LogP contribution is -2.24. The van der Waals surface area contributed by atoms with Gasteiger partial charge >= 0.3 is 0 Å². The molecule has 3 aromatic rings. The van der Waals surface area contributed by atoms with Crippen LogP contribution >= 0.6 is 0 Å². The molecule has 1 N–H and O–H groups in total. The van der Waals surface area contributed by atoms with E-state index >= 15 is 0 Å². The Balaban J connectivity index is 1.69. The summed E-state index contributed by atoms with van der Waals surface area (Å²) in [5.74, 6) is 0.483. The van der Waals surface area contributed by atoms with Gasteiger partial charge in [-0.15, -0.1) is 0 Å². The Bertz CT molecular complexity index is 926. The molecular formula is C17H19N5O2. The van der Waals surface area contributed by atoms with E-state index in [0.29, 0.717) is 16.7 Å². The molecule has 0 aliphatic carbocycles. The summed E-state index contributed by atoms with van der Waals surface area (Å²) in [6.07, 6.45) is 3.31. The Morgan fingerprint density at radius 2 is 2.04 bits per heavy atom. The smallest absolute Gasteiger partial charge is 0.261 e. The first-order valence-electron chi connectivity index (χ1n) is 7.84. The van der Waals surface area contributed by atoms with Crippen molar-refractivity contribution in [3.05, 3.63) is 53.2 Å². The fourth-order valence-electron chi connectivity index (χ4n) is 2.52. The zero-order valence-electron chi connectivity index (χ0n) is 13.6. The molecule has 0 fully saturated rings. The Kier molecular flexibility index (Phi) is 4.41. The number of nitrogens with zero attached hydrogens (tertiary/aromatic N) is 4. The van der Waals surface area contributed by atoms with E-state index in [4.69, 9.17) is 0 Å². The highest BCUT2D eigenvalue weighted by molar-refractivity contribution is 5.89. The molecule has 0 aliphatic heterocycles. The lowest BCUT2D eigenvalue weighted by molar-refractivity contribution is -0.116. The van der Waals surface area contributed by atoms with Crippen LogP contribution in [-0.4, -0.2) is 25.2 Å². The quantitative estimate of drug-likeness (QED) is 0.779. The molecule has 0 atom stereocenters. The van der Waals surface area contributed by atoms with Crippen LogP contribution in [0.25, 0.3) is 10.9 Å². The molecule has 2 aromatic heterocycles. The molecule has 7 nitrogen and oxygen atoms in total. The summed E-state index contributed by atoms with van der Waals surface area (Å²) >= 11 is 0. The van der Waals surface area contributed by atoms with E-state index in [1.165, 1.54) is 10.9 Å². The third-order valence-electron chi connectivity index (χ3n) is 3.74. The number of carbonyl (C=O) groups excluding carboxylic acids is 1. The van der Waals surface area contributed by atoms with E-state index in [0.717, 1.165) is 0 Å². The van der Waals surface area contributed by atoms with E-state index in [9.17, 15) is 9.59 Å². The highest BCUT2D eigenvalue weighted by Crippen LogP contribution is 2.13. The summed E-state index contributed by atoms with van der Waals surface area (Å²) in [5.41, 5.74) is 0.518. The standard InChI is InChI=1S/C17H19N5O2/c1-12(2)22-15(7-9-19-22)20-16(23)8-10-21-11-18-14-6-4-3-5-13(14)17(21)24/h3-7,9,11-12H,8,10H2,1-2H3,(H,20,23). The summed E-state index contributed by atoms with van der Waals surface area (Å²) in [7, 11) is 0. The number of anilines is 1. The molecule has 1 aromatic carbocycles. The lowest BCUT2D eigenvalue weighted by Gasteiger charge is -2.12. The van der Waals surface area contributed by atoms with Crippen molar-refractivity contribution in [2.75, 3.05) is 5.32 Å². The molecule has 0 radical (unpaired) electrons. The first-order valence-corrected chi connectivity index (χ1v) is 7.84. The molecule has 0 unspecified atom stereocenters. The van der Waals surface area contributed by atoms with Gasteiger partial charge in [-0.05, 0) is 26.0 Å². The summed E-state index contributed by atoms with van der Waals surface area (Å²) in [6.45, 7) is 4.25. The third-order valence-corrected chi connectivity index (χ3v) is 3.74. The first-order chi connectivity index (χ1) is 11.6. The predicted octanol–water partition coefficient (Wildman–Crippen LogP) is 2.20. The van der Waals surface area contributed by atoms with Crippen LogP contribution in [0.15, 0.2) is 47.7 Å². The predicted molar refractivity (Wildman–Crippen MR) is 91.9 cm³/mol. The number of rotatable bonds is 5. The Morgan fingerprint density at radius 3 is 2.83 bits per heavy atom. The van der Waals surface area contributed by atoms with Crippen LogP contribution in [0.3, 0.4) is 0 Å². The minimum atomic E-state index is -0.169. The summed E-state index contributed by atoms with van der Waals surface area (Å²) in [5, 5.41) is 7.55. The van der Waals surface area contributed by atoms with Crippen molar-refractivity contribution in [1.82, 2.24) is 19.3 Å². The fourth-order valence-corrected chi connectivity index (χ4v) is 2.52. The molecule has 0 saturated heterocycles. The van der Waals surface area contributed by atoms with Gasteiger partial charge in [0.1, 0.15) is 5.82 Å². The van der Waals surface area contributed by atoms with Gasteiger partial charge in [-0.3, -0.25) is 14.2 Å². The lowest BCUT2D eigenvalue weighted by atomic mass is 10.2. The molecule has 0 bridgehead atoms. The number of aryl methyl sites for hydroxylation is 1. The molecule has 0 saturated carbocycles. The zero-order valence-corrected chi connectivity index (χ0v) is 13.6. The van der Waals surface area contributed by atoms with E-state index in [-0.39, 0.29) is 30.5 Å². The second-order valence-corrected chi connectivity index (χ2v) is 5.81. The molecular weight excluding hydrogens is 306 g/mol. The van der Waals surface area contributed by atoms with Gasteiger partial charge in [-0.25, -0.2) is 9.67 Å². The fraction of sp³-hybridized carbons (Fsp3) is 0.294. The van der Waals surface area contributed by atoms with E-state index in [1.54, 1.807) is 35.1 Å². The number of para-hydroxylation sites is 1. The van der Waals surface area contributed by atoms with Crippen LogP contribution in [-0.2, 0) is 11.3 Å². The van der Waals surface area contributed by atoms with Crippen molar-refractivity contribution in [3.63, 3.8) is 0 Å². The van der Waals surface area contributed by atoms with Crippen molar-refractivity contribution < 1.29 is 4.79 Å². The minimum Gasteiger partial charge on any atom is -0.311 e. The first kappa shape index (κ1) is 15.9. The normalized spacial score (nSPS) is 11.1. The van der Waals surface area contributed by atoms with Gasteiger partial charge < -0.3 is 5.32 Å². The average Bonchev–Trinajstić information content (AvgIpc) is 3.03. The molecule has 2 heterocycles. The molecule has 0 aliphatic rings. The number of hydrogen-bond acceptors (Lipinski definition) is 4. The summed E-state index contributed by atoms with van der Waals surface area (Å²) in [6, 6.07) is 9.08. The van der Waals surface area contributed by atoms with Crippen molar-refractivity contribution >= 4 is 22.6 Å². The van der Waals surface area contributed by atoms with Crippen LogP contribution in [0.5, 0.6) is 0 Å². The van der Waals surface area contributed by atoms with E-state index in [2.05, 4.69) is 15.4 Å². The van der Waals surface area contributed by atoms with Gasteiger partial charge in [0.2, 0.25) is 5.91 Å². The molecule has 0 spiro atoms. The van der Waals surface area contributed by atoms with Crippen molar-refractivity contribution in [3.8, 4) is 0 Å². The summed E-state index contributed by atoms with van der Waals surface area (Å²) < 4.78 is 3.20. The molecule has 124 valence electrons. The summed E-state index contributed by atoms with van der Waals surface area (Å²) in [4.78, 5) is 28.8. The van der Waals surface area contributed by atoms with Gasteiger partial charge in [-0.1, -0.05) is 12.1 Å². The van der Waals surface area contributed by atoms with Gasteiger partial charge in [-0.2, -0.15) is 5.10 Å². The van der Waals surface area contributed by atoms with Crippen LogP contribution in [0.2, 0.25) is 0 Å². The molecule has 24 heavy (non-hydrogen) atoms. The van der Waals surface area contributed by atoms with Gasteiger partial charge in [0.05, 0.1) is 23.4 Å². The molecule has 3 rings (SSSR count). The zero-order chi connectivity index (χ0) is 17.1. The number of hydrogen-bond donors (Lipinski definition) is 1. The maximum atomic E-state index is 12.4. The second-order valence-electron chi connectivity index (χ2n) is 5.81. The Hall–Kier alpha value is -2.96. The van der Waals surface area contributed by atoms with Crippen molar-refractivity contribution in [2.45, 2.75) is 32.9 Å². The number of aromatic nitrogens is 4. The largest absolute Gasteiger partial charge is 0.311 e. The van der Waals surface area contributed by atoms with Crippen LogP contribution in [0.4, 0.5) is 5.82 Å². The van der Waals surface area contributed by atoms with Crippen molar-refractivity contribution in [2.24, 2.45) is 0 Å². The maximum Gasteiger partial charge on any atom is 0.261 e. The van der Waals surface area contributed by atoms with Crippen LogP contribution in [0.1, 0.15) is 26.3 Å². The Morgan fingerprint density at radius 1 is 1.25 bits per heavy atom. The maximum absolute atomic E-state index is 12.4. The average molecular weight is 325 g/mol. The number of amides is 1. The van der Waals surface area contributed by atoms with E-state index < -0.39 is 0 Å². The second kappa shape index (κ2) is 6.66. The van der Waals surface area contributed by atoms with Crippen LogP contribution in [0, 0.1) is 0 Å². The highest BCUT2D eigenvalue weighted by atomic mass is 16.2. The van der Waals surface area contributed by atoms with Crippen LogP contribution < -0.4 is 10.9 Å². The number of carbonyl (C=O) groups is 1. The van der Waals surface area contributed by atoms with Gasteiger partial charge in [0.15, 0.2) is 0 Å². The number of fused-ring (bicyclic) bond motifs is 1. The number of benzene rings is 1.